The van der Waals surface area contributed by atoms with Crippen LogP contribution in [-0.2, 0) is 10.8 Å². The number of anilines is 1. The summed E-state index contributed by atoms with van der Waals surface area (Å²) in [6.45, 7) is 13.8. The highest BCUT2D eigenvalue weighted by atomic mass is 127. The smallest absolute Gasteiger partial charge is 0.209 e. The molecule has 0 saturated carbocycles. The molecule has 0 unspecified atom stereocenters. The first-order valence-electron chi connectivity index (χ1n) is 15.7. The Hall–Kier alpha value is -1.01. The molecule has 4 nitrogen and oxygen atoms in total. The van der Waals surface area contributed by atoms with Gasteiger partial charge in [0.15, 0.2) is 12.3 Å². The number of halogens is 3. The second-order valence-electron chi connectivity index (χ2n) is 15.4. The van der Waals surface area contributed by atoms with Crippen molar-refractivity contribution >= 4 is 78.2 Å². The highest BCUT2D eigenvalue weighted by Gasteiger charge is 2.44. The third-order valence-electron chi connectivity index (χ3n) is 8.93. The van der Waals surface area contributed by atoms with E-state index in [0.717, 1.165) is 52.5 Å². The normalized spacial score (nSPS) is 19.0. The van der Waals surface area contributed by atoms with E-state index in [4.69, 9.17) is 0 Å². The van der Waals surface area contributed by atoms with Gasteiger partial charge in [0.25, 0.3) is 0 Å². The van der Waals surface area contributed by atoms with Crippen LogP contribution in [0.25, 0.3) is 0 Å². The van der Waals surface area contributed by atoms with Gasteiger partial charge in [-0.2, -0.15) is 4.58 Å². The van der Waals surface area contributed by atoms with Gasteiger partial charge in [0.2, 0.25) is 5.69 Å². The van der Waals surface area contributed by atoms with Crippen molar-refractivity contribution in [2.45, 2.75) is 51.4 Å². The van der Waals surface area contributed by atoms with Crippen LogP contribution in [0.5, 0.6) is 0 Å². The molecule has 0 aliphatic carbocycles. The Morgan fingerprint density at radius 1 is 0.841 bits per heavy atom. The van der Waals surface area contributed by atoms with Crippen molar-refractivity contribution in [2.75, 3.05) is 73.4 Å². The van der Waals surface area contributed by atoms with Gasteiger partial charge in [0.05, 0.1) is 67.2 Å². The molecule has 0 aromatic heterocycles. The monoisotopic (exact) mass is 885 g/mol. The number of nitrogens with zero attached hydrogens (tertiary/aromatic N) is 4. The van der Waals surface area contributed by atoms with Crippen molar-refractivity contribution in [2.24, 2.45) is 0 Å². The highest BCUT2D eigenvalue weighted by Crippen LogP contribution is 2.48. The van der Waals surface area contributed by atoms with Crippen LogP contribution in [0.2, 0.25) is 0 Å². The van der Waals surface area contributed by atoms with E-state index in [1.54, 1.807) is 0 Å². The Bertz CT molecular complexity index is 1520. The molecule has 2 aliphatic rings. The Balaban J connectivity index is 1.67. The molecule has 0 fully saturated rings. The molecule has 238 valence electrons. The molecule has 0 spiro atoms. The number of fused-ring (bicyclic) bond motifs is 2. The molecule has 44 heavy (non-hydrogen) atoms. The molecule has 0 amide bonds. The number of rotatable bonds is 11. The van der Waals surface area contributed by atoms with Crippen LogP contribution in [0.4, 0.5) is 11.4 Å². The lowest BCUT2D eigenvalue weighted by molar-refractivity contribution is -0.871. The summed E-state index contributed by atoms with van der Waals surface area (Å²) in [5.41, 5.74) is 8.13. The zero-order valence-electron chi connectivity index (χ0n) is 28.4. The largest absolute Gasteiger partial charge is 0.344 e. The summed E-state index contributed by atoms with van der Waals surface area (Å²) in [7, 11) is 13.7. The van der Waals surface area contributed by atoms with Gasteiger partial charge in [-0.25, -0.2) is 0 Å². The summed E-state index contributed by atoms with van der Waals surface area (Å²) >= 11 is 8.82. The minimum absolute atomic E-state index is 0.0655. The standard InChI is InChI=1S/C37H52BrI2N4/c1-36(2)30-25-28(39)15-17-32(30)41(21-11-23-43(5,6)7)34(36)19-13-27(38)14-20-35-37(3,4)31-26-29(40)16-18-33(31)42(35)22-12-24-44(8,9)10/h13-20,25-26H,11-12,21-24H2,1-10H3/q+3. The Kier molecular flexibility index (Phi) is 11.1. The predicted molar refractivity (Wildman–Crippen MR) is 211 cm³/mol. The Morgan fingerprint density at radius 3 is 2.07 bits per heavy atom. The van der Waals surface area contributed by atoms with E-state index in [0.29, 0.717) is 0 Å². The van der Waals surface area contributed by atoms with E-state index in [1.165, 1.54) is 41.1 Å². The van der Waals surface area contributed by atoms with Crippen LogP contribution >= 0.6 is 61.1 Å². The van der Waals surface area contributed by atoms with Crippen LogP contribution in [0.1, 0.15) is 51.7 Å². The summed E-state index contributed by atoms with van der Waals surface area (Å²) in [4.78, 5) is 2.56. The van der Waals surface area contributed by atoms with Crippen LogP contribution in [0, 0.1) is 7.14 Å². The lowest BCUT2D eigenvalue weighted by Crippen LogP contribution is -2.37. The minimum atomic E-state index is -0.0655. The van der Waals surface area contributed by atoms with Crippen LogP contribution in [0.3, 0.4) is 0 Å². The predicted octanol–water partition coefficient (Wildman–Crippen LogP) is 8.98. The Labute approximate surface area is 303 Å². The van der Waals surface area contributed by atoms with Gasteiger partial charge in [-0.1, -0.05) is 29.8 Å². The average Bonchev–Trinajstić information content (AvgIpc) is 3.22. The second kappa shape index (κ2) is 13.6. The number of hydrogen-bond donors (Lipinski definition) is 0. The van der Waals surface area contributed by atoms with Gasteiger partial charge in [0.1, 0.15) is 0 Å². The first kappa shape index (κ1) is 35.8. The van der Waals surface area contributed by atoms with Crippen LogP contribution in [0.15, 0.2) is 70.9 Å². The first-order valence-corrected chi connectivity index (χ1v) is 18.7. The van der Waals surface area contributed by atoms with Gasteiger partial charge >= 0.3 is 0 Å². The zero-order chi connectivity index (χ0) is 32.7. The van der Waals surface area contributed by atoms with E-state index in [-0.39, 0.29) is 10.8 Å². The molecule has 2 aromatic rings. The zero-order valence-corrected chi connectivity index (χ0v) is 34.3. The molecule has 7 heteroatoms. The van der Waals surface area contributed by atoms with Crippen molar-refractivity contribution in [3.63, 3.8) is 0 Å². The minimum Gasteiger partial charge on any atom is -0.344 e. The van der Waals surface area contributed by atoms with Gasteiger partial charge in [-0.05, 0) is 113 Å². The van der Waals surface area contributed by atoms with Crippen molar-refractivity contribution in [1.29, 1.82) is 0 Å². The maximum absolute atomic E-state index is 3.93. The SMILES string of the molecule is CC1(C)C(=CC=C(Br)C=CC2=[N+](CCC[N+](C)(C)C)c3ccc(I)cc3C2(C)C)N(CCC[N+](C)(C)C)c2ccc(I)cc21. The molecule has 2 heterocycles. The van der Waals surface area contributed by atoms with E-state index < -0.39 is 0 Å². The average molecular weight is 887 g/mol. The molecule has 0 bridgehead atoms. The molecular weight excluding hydrogens is 834 g/mol. The van der Waals surface area contributed by atoms with Gasteiger partial charge in [0, 0.05) is 59.1 Å². The third kappa shape index (κ3) is 8.28. The summed E-state index contributed by atoms with van der Waals surface area (Å²) in [6.07, 6.45) is 11.5. The fourth-order valence-corrected chi connectivity index (χ4v) is 7.80. The number of allylic oxidation sites excluding steroid dienone is 6. The summed E-state index contributed by atoms with van der Waals surface area (Å²) in [6, 6.07) is 13.8. The van der Waals surface area contributed by atoms with Crippen molar-refractivity contribution in [3.8, 4) is 0 Å². The molecule has 4 rings (SSSR count). The topological polar surface area (TPSA) is 6.25 Å². The van der Waals surface area contributed by atoms with Gasteiger partial charge < -0.3 is 13.9 Å². The lowest BCUT2D eigenvalue weighted by Gasteiger charge is -2.29. The van der Waals surface area contributed by atoms with Gasteiger partial charge in [-0.15, -0.1) is 0 Å². The van der Waals surface area contributed by atoms with Crippen LogP contribution < -0.4 is 4.90 Å². The summed E-state index contributed by atoms with van der Waals surface area (Å²) < 4.78 is 8.19. The molecule has 0 atom stereocenters. The van der Waals surface area contributed by atoms with E-state index in [9.17, 15) is 0 Å². The van der Waals surface area contributed by atoms with Crippen molar-refractivity contribution < 1.29 is 13.5 Å². The molecule has 2 aromatic carbocycles. The number of hydrogen-bond acceptors (Lipinski definition) is 1. The summed E-state index contributed by atoms with van der Waals surface area (Å²) in [5.74, 6) is 0. The van der Waals surface area contributed by atoms with Crippen molar-refractivity contribution in [1.82, 2.24) is 0 Å². The highest BCUT2D eigenvalue weighted by molar-refractivity contribution is 14.1. The molecule has 0 N–H and O–H groups in total. The summed E-state index contributed by atoms with van der Waals surface area (Å²) in [5, 5.41) is 0. The third-order valence-corrected chi connectivity index (χ3v) is 10.8. The van der Waals surface area contributed by atoms with E-state index >= 15 is 0 Å². The molecule has 0 radical (unpaired) electrons. The molecular formula is C37H52BrI2N4+3. The number of benzene rings is 2. The number of quaternary nitrogens is 2. The fourth-order valence-electron chi connectivity index (χ4n) is 6.56. The fraction of sp³-hybridized carbons (Fsp3) is 0.486. The van der Waals surface area contributed by atoms with Crippen LogP contribution in [-0.4, -0.2) is 87.7 Å². The maximum atomic E-state index is 3.93. The first-order chi connectivity index (χ1) is 20.3. The molecule has 2 aliphatic heterocycles. The van der Waals surface area contributed by atoms with E-state index in [1.807, 2.05) is 0 Å². The van der Waals surface area contributed by atoms with E-state index in [2.05, 4.69) is 201 Å². The van der Waals surface area contributed by atoms with Crippen molar-refractivity contribution in [3.05, 3.63) is 89.1 Å². The maximum Gasteiger partial charge on any atom is 0.209 e. The quantitative estimate of drug-likeness (QED) is 0.0947. The lowest BCUT2D eigenvalue weighted by atomic mass is 9.81. The second-order valence-corrected chi connectivity index (χ2v) is 18.8. The Morgan fingerprint density at radius 2 is 1.43 bits per heavy atom. The molecule has 0 saturated heterocycles. The van der Waals surface area contributed by atoms with Gasteiger partial charge in [-0.3, -0.25) is 0 Å².